The lowest BCUT2D eigenvalue weighted by molar-refractivity contribution is -0.145. The Balaban J connectivity index is 0.000000269. The molecule has 1 atom stereocenters. The second-order valence-electron chi connectivity index (χ2n) is 4.14. The van der Waals surface area contributed by atoms with Gasteiger partial charge < -0.3 is 15.2 Å². The van der Waals surface area contributed by atoms with Crippen LogP contribution in [0.15, 0.2) is 48.3 Å². The third kappa shape index (κ3) is 3.62. The number of hydrogen-bond donors (Lipinski definition) is 3. The largest absolute Gasteiger partial charge is 0.481 e. The number of hydrogen-bond acceptors (Lipinski definition) is 2. The van der Waals surface area contributed by atoms with Crippen molar-refractivity contribution in [3.05, 3.63) is 48.3 Å². The van der Waals surface area contributed by atoms with Crippen LogP contribution in [0.25, 0.3) is 0 Å². The summed E-state index contributed by atoms with van der Waals surface area (Å²) < 4.78 is 0. The molecular formula is C13H15NO4. The fraction of sp³-hybridized carbons (Fsp3) is 0.231. The minimum absolute atomic E-state index is 0.0359. The zero-order valence-corrected chi connectivity index (χ0v) is 9.96. The number of allylic oxidation sites excluding steroid dienone is 2. The van der Waals surface area contributed by atoms with Crippen molar-refractivity contribution in [2.75, 3.05) is 0 Å². The van der Waals surface area contributed by atoms with Gasteiger partial charge in [0.25, 0.3) is 0 Å². The molecular weight excluding hydrogens is 234 g/mol. The van der Waals surface area contributed by atoms with Gasteiger partial charge in [0.15, 0.2) is 0 Å². The fourth-order valence-corrected chi connectivity index (χ4v) is 1.46. The first-order chi connectivity index (χ1) is 8.46. The van der Waals surface area contributed by atoms with Crippen LogP contribution >= 0.6 is 0 Å². The van der Waals surface area contributed by atoms with Gasteiger partial charge in [-0.3, -0.25) is 4.79 Å². The molecule has 5 heteroatoms. The molecule has 0 radical (unpaired) electrons. The van der Waals surface area contributed by atoms with Crippen molar-refractivity contribution in [2.24, 2.45) is 5.41 Å². The van der Waals surface area contributed by atoms with Gasteiger partial charge in [-0.1, -0.05) is 18.2 Å². The molecule has 1 heterocycles. The maximum Gasteiger partial charge on any atom is 0.331 e. The van der Waals surface area contributed by atoms with E-state index in [1.165, 1.54) is 25.2 Å². The number of H-pyrrole nitrogens is 1. The number of carbonyl (C=O) groups is 2. The number of aromatic amines is 1. The highest BCUT2D eigenvalue weighted by molar-refractivity contribution is 5.90. The van der Waals surface area contributed by atoms with Crippen LogP contribution in [0.5, 0.6) is 0 Å². The van der Waals surface area contributed by atoms with Gasteiger partial charge in [-0.05, 0) is 25.5 Å². The number of carboxylic acid groups (broad SMARTS) is 2. The molecule has 5 nitrogen and oxygen atoms in total. The monoisotopic (exact) mass is 249 g/mol. The van der Waals surface area contributed by atoms with Gasteiger partial charge in [-0.15, -0.1) is 0 Å². The van der Waals surface area contributed by atoms with Crippen LogP contribution in [-0.2, 0) is 9.59 Å². The average molecular weight is 249 g/mol. The third-order valence-corrected chi connectivity index (χ3v) is 2.58. The lowest BCUT2D eigenvalue weighted by Gasteiger charge is -2.23. The van der Waals surface area contributed by atoms with Crippen molar-refractivity contribution in [3.8, 4) is 0 Å². The molecule has 0 saturated carbocycles. The maximum absolute atomic E-state index is 10.8. The van der Waals surface area contributed by atoms with Crippen molar-refractivity contribution in [2.45, 2.75) is 13.3 Å². The Labute approximate surface area is 104 Å². The van der Waals surface area contributed by atoms with Crippen molar-refractivity contribution in [3.63, 3.8) is 0 Å². The Morgan fingerprint density at radius 1 is 1.28 bits per heavy atom. The average Bonchev–Trinajstić information content (AvgIpc) is 2.87. The molecule has 2 rings (SSSR count). The van der Waals surface area contributed by atoms with Gasteiger partial charge in [0, 0.05) is 18.0 Å². The van der Waals surface area contributed by atoms with Crippen LogP contribution in [0.1, 0.15) is 13.3 Å². The fourth-order valence-electron chi connectivity index (χ4n) is 1.46. The van der Waals surface area contributed by atoms with E-state index in [9.17, 15) is 9.59 Å². The van der Waals surface area contributed by atoms with Crippen LogP contribution < -0.4 is 0 Å². The normalized spacial score (nSPS) is 21.5. The first kappa shape index (κ1) is 13.8. The SMILES string of the molecule is CC1(C(=O)O)C=CC=C(C(=O)O)C1.c1cc[nH]c1. The molecule has 1 aliphatic carbocycles. The molecule has 0 amide bonds. The lowest BCUT2D eigenvalue weighted by atomic mass is 9.80. The van der Waals surface area contributed by atoms with Gasteiger partial charge in [0.2, 0.25) is 0 Å². The Kier molecular flexibility index (Phi) is 4.48. The van der Waals surface area contributed by atoms with Gasteiger partial charge in [0.05, 0.1) is 5.41 Å². The van der Waals surface area contributed by atoms with E-state index in [2.05, 4.69) is 4.98 Å². The quantitative estimate of drug-likeness (QED) is 0.748. The van der Waals surface area contributed by atoms with Crippen LogP contribution in [-0.4, -0.2) is 27.1 Å². The van der Waals surface area contributed by atoms with Gasteiger partial charge in [-0.25, -0.2) is 4.79 Å². The van der Waals surface area contributed by atoms with E-state index in [-0.39, 0.29) is 12.0 Å². The first-order valence-electron chi connectivity index (χ1n) is 5.38. The summed E-state index contributed by atoms with van der Waals surface area (Å²) in [7, 11) is 0. The maximum atomic E-state index is 10.8. The van der Waals surface area contributed by atoms with E-state index in [1.54, 1.807) is 0 Å². The summed E-state index contributed by atoms with van der Waals surface area (Å²) in [5, 5.41) is 17.5. The Morgan fingerprint density at radius 2 is 1.89 bits per heavy atom. The number of aromatic nitrogens is 1. The number of aliphatic carboxylic acids is 2. The minimum Gasteiger partial charge on any atom is -0.481 e. The molecule has 96 valence electrons. The molecule has 0 bridgehead atoms. The molecule has 0 saturated heterocycles. The number of nitrogens with one attached hydrogen (secondary N) is 1. The Bertz CT molecular complexity index is 456. The summed E-state index contributed by atoms with van der Waals surface area (Å²) in [6.07, 6.45) is 8.18. The highest BCUT2D eigenvalue weighted by Crippen LogP contribution is 2.31. The van der Waals surface area contributed by atoms with E-state index >= 15 is 0 Å². The summed E-state index contributed by atoms with van der Waals surface area (Å²) in [5.41, 5.74) is -0.949. The third-order valence-electron chi connectivity index (χ3n) is 2.58. The summed E-state index contributed by atoms with van der Waals surface area (Å²) in [4.78, 5) is 24.2. The molecule has 18 heavy (non-hydrogen) atoms. The van der Waals surface area contributed by atoms with E-state index in [4.69, 9.17) is 10.2 Å². The molecule has 1 unspecified atom stereocenters. The zero-order chi connectivity index (χ0) is 13.6. The molecule has 1 aromatic rings. The van der Waals surface area contributed by atoms with E-state index < -0.39 is 17.4 Å². The molecule has 1 aromatic heterocycles. The van der Waals surface area contributed by atoms with E-state index in [1.807, 2.05) is 24.5 Å². The smallest absolute Gasteiger partial charge is 0.331 e. The van der Waals surface area contributed by atoms with E-state index in [0.717, 1.165) is 0 Å². The standard InChI is InChI=1S/C9H10O4.C4H5N/c1-9(8(12)13)4-2-3-6(5-9)7(10)11;1-2-4-5-3-1/h2-4H,5H2,1H3,(H,10,11)(H,12,13);1-5H. The highest BCUT2D eigenvalue weighted by atomic mass is 16.4. The number of carboxylic acids is 2. The van der Waals surface area contributed by atoms with Crippen LogP contribution in [0.4, 0.5) is 0 Å². The first-order valence-corrected chi connectivity index (χ1v) is 5.38. The van der Waals surface area contributed by atoms with Gasteiger partial charge >= 0.3 is 11.9 Å². The summed E-state index contributed by atoms with van der Waals surface area (Å²) in [6.45, 7) is 1.50. The highest BCUT2D eigenvalue weighted by Gasteiger charge is 2.34. The van der Waals surface area contributed by atoms with Crippen LogP contribution in [0, 0.1) is 5.41 Å². The Morgan fingerprint density at radius 3 is 2.28 bits per heavy atom. The summed E-state index contributed by atoms with van der Waals surface area (Å²) >= 11 is 0. The van der Waals surface area contributed by atoms with E-state index in [0.29, 0.717) is 0 Å². The lowest BCUT2D eigenvalue weighted by Crippen LogP contribution is -2.28. The molecule has 0 aliphatic heterocycles. The van der Waals surface area contributed by atoms with Crippen molar-refractivity contribution < 1.29 is 19.8 Å². The summed E-state index contributed by atoms with van der Waals surface area (Å²) in [5.74, 6) is -2.06. The van der Waals surface area contributed by atoms with Gasteiger partial charge in [-0.2, -0.15) is 0 Å². The predicted octanol–water partition coefficient (Wildman–Crippen LogP) is 2.06. The predicted molar refractivity (Wildman–Crippen MR) is 66.0 cm³/mol. The van der Waals surface area contributed by atoms with Gasteiger partial charge in [0.1, 0.15) is 0 Å². The van der Waals surface area contributed by atoms with Crippen LogP contribution in [0.3, 0.4) is 0 Å². The van der Waals surface area contributed by atoms with Crippen molar-refractivity contribution in [1.82, 2.24) is 4.98 Å². The Hall–Kier alpha value is -2.30. The summed E-state index contributed by atoms with van der Waals surface area (Å²) in [6, 6.07) is 3.89. The van der Waals surface area contributed by atoms with Crippen molar-refractivity contribution >= 4 is 11.9 Å². The van der Waals surface area contributed by atoms with Crippen molar-refractivity contribution in [1.29, 1.82) is 0 Å². The number of rotatable bonds is 2. The molecule has 3 N–H and O–H groups in total. The molecule has 0 spiro atoms. The molecule has 1 aliphatic rings. The second kappa shape index (κ2) is 5.86. The molecule has 0 fully saturated rings. The van der Waals surface area contributed by atoms with Crippen LogP contribution in [0.2, 0.25) is 0 Å². The zero-order valence-electron chi connectivity index (χ0n) is 9.96. The topological polar surface area (TPSA) is 90.4 Å². The second-order valence-corrected chi connectivity index (χ2v) is 4.14. The molecule has 0 aromatic carbocycles. The minimum atomic E-state index is -1.08.